The van der Waals surface area contributed by atoms with Gasteiger partial charge in [-0.25, -0.2) is 14.2 Å². The van der Waals surface area contributed by atoms with Crippen LogP contribution in [0, 0.1) is 10.1 Å². The Balaban J connectivity index is 0.000000318. The molecule has 0 bridgehead atoms. The number of nitro benzene ring substituents is 1. The molecule has 1 aromatic heterocycles. The number of methoxy groups -OCH3 is 1. The zero-order valence-corrected chi connectivity index (χ0v) is 37.1. The first kappa shape index (κ1) is 52.7. The van der Waals surface area contributed by atoms with Crippen LogP contribution in [0.15, 0.2) is 101 Å². The lowest BCUT2D eigenvalue weighted by Gasteiger charge is -2.17. The number of anilines is 1. The van der Waals surface area contributed by atoms with Crippen LogP contribution in [-0.2, 0) is 45.1 Å². The molecular formula is C42H46ClF3N5O13P. The number of nitrogen functional groups attached to an aromatic ring is 1. The van der Waals surface area contributed by atoms with E-state index >= 15 is 0 Å². The summed E-state index contributed by atoms with van der Waals surface area (Å²) in [5, 5.41) is 19.0. The summed E-state index contributed by atoms with van der Waals surface area (Å²) in [6.07, 6.45) is -4.91. The Bertz CT molecular complexity index is 2620. The molecule has 0 aliphatic carbocycles. The van der Waals surface area contributed by atoms with E-state index in [0.717, 1.165) is 19.0 Å². The number of carbonyl (C=O) groups is 2. The Morgan fingerprint density at radius 3 is 2.15 bits per heavy atom. The van der Waals surface area contributed by atoms with Crippen molar-refractivity contribution in [3.05, 3.63) is 144 Å². The number of benzene rings is 4. The van der Waals surface area contributed by atoms with Crippen molar-refractivity contribution in [1.82, 2.24) is 9.13 Å². The average molecular weight is 952 g/mol. The van der Waals surface area contributed by atoms with E-state index in [-0.39, 0.29) is 47.0 Å². The highest BCUT2D eigenvalue weighted by Gasteiger charge is 2.35. The number of aromatic nitrogens is 2. The van der Waals surface area contributed by atoms with Crippen LogP contribution in [0.1, 0.15) is 37.1 Å². The Morgan fingerprint density at radius 2 is 1.62 bits per heavy atom. The topological polar surface area (TPSA) is 268 Å². The third kappa shape index (κ3) is 15.5. The standard InChI is InChI=1S/C25H25F3N2O6.C12H9ClN2O3.C5H12NO4P/c1-5-16-6-7-17(20(12-16)36-15(2)23(32)34-4)14-35-19-10-8-18(9-11-19)30-22(31)13-21(25(26,27)28)29(3)24(30)33;13-11-10(18-8-4-2-1-3-5-8)7-6-9(12(11)14)15(16)17;1-11(9,10)3-2-4(6)5(7)8/h6-13,15H,5,14H2,1-4H3;1-7H,14H2;4H,2-3,6H2,1H3,(H,7,8)(H,9,10). The van der Waals surface area contributed by atoms with E-state index in [2.05, 4.69) is 0 Å². The first-order chi connectivity index (χ1) is 30.4. The van der Waals surface area contributed by atoms with Gasteiger partial charge in [0.1, 0.15) is 52.1 Å². The maximum atomic E-state index is 13.1. The van der Waals surface area contributed by atoms with E-state index in [4.69, 9.17) is 52.0 Å². The van der Waals surface area contributed by atoms with Crippen LogP contribution in [0.2, 0.25) is 5.02 Å². The van der Waals surface area contributed by atoms with Gasteiger partial charge in [-0.1, -0.05) is 48.9 Å². The van der Waals surface area contributed by atoms with Crippen LogP contribution >= 0.6 is 19.0 Å². The number of para-hydroxylation sites is 1. The molecule has 1 heterocycles. The molecule has 6 N–H and O–H groups in total. The van der Waals surface area contributed by atoms with Gasteiger partial charge in [-0.15, -0.1) is 0 Å². The molecule has 0 fully saturated rings. The molecule has 23 heteroatoms. The Morgan fingerprint density at radius 1 is 0.985 bits per heavy atom. The number of esters is 1. The van der Waals surface area contributed by atoms with Crippen LogP contribution in [-0.4, -0.2) is 68.1 Å². The van der Waals surface area contributed by atoms with Gasteiger partial charge in [0.2, 0.25) is 0 Å². The molecule has 0 aliphatic heterocycles. The van der Waals surface area contributed by atoms with Crippen molar-refractivity contribution in [1.29, 1.82) is 0 Å². The number of rotatable bonds is 15. The normalized spacial score (nSPS) is 12.7. The summed E-state index contributed by atoms with van der Waals surface area (Å²) in [6.45, 7) is 4.81. The maximum Gasteiger partial charge on any atom is 0.431 e. The summed E-state index contributed by atoms with van der Waals surface area (Å²) >= 11 is 5.94. The van der Waals surface area contributed by atoms with Crippen molar-refractivity contribution in [3.63, 3.8) is 0 Å². The number of carboxylic acid groups (broad SMARTS) is 1. The monoisotopic (exact) mass is 951 g/mol. The number of aliphatic carboxylic acids is 1. The van der Waals surface area contributed by atoms with Gasteiger partial charge in [-0.05, 0) is 73.9 Å². The predicted octanol–water partition coefficient (Wildman–Crippen LogP) is 6.95. The minimum atomic E-state index is -4.84. The molecule has 0 saturated carbocycles. The Hall–Kier alpha value is -6.67. The lowest BCUT2D eigenvalue weighted by molar-refractivity contribution is -0.383. The first-order valence-electron chi connectivity index (χ1n) is 19.1. The molecular weight excluding hydrogens is 906 g/mol. The van der Waals surface area contributed by atoms with Gasteiger partial charge >= 0.3 is 23.8 Å². The van der Waals surface area contributed by atoms with Crippen molar-refractivity contribution >= 4 is 42.3 Å². The minimum absolute atomic E-state index is 0.0352. The third-order valence-corrected chi connectivity index (χ3v) is 10.4. The van der Waals surface area contributed by atoms with Crippen molar-refractivity contribution in [3.8, 4) is 28.7 Å². The number of carbonyl (C=O) groups excluding carboxylic acids is 1. The fraction of sp³-hybridized carbons (Fsp3) is 0.286. The number of ether oxygens (including phenoxy) is 4. The van der Waals surface area contributed by atoms with Crippen LogP contribution in [0.25, 0.3) is 5.69 Å². The molecule has 5 aromatic rings. The molecule has 0 saturated heterocycles. The lowest BCUT2D eigenvalue weighted by Crippen LogP contribution is -2.40. The van der Waals surface area contributed by atoms with Crippen molar-refractivity contribution < 1.29 is 61.2 Å². The average Bonchev–Trinajstić information content (AvgIpc) is 3.25. The second-order valence-electron chi connectivity index (χ2n) is 13.9. The number of nitrogens with two attached hydrogens (primary N) is 2. The van der Waals surface area contributed by atoms with E-state index < -0.39 is 59.5 Å². The molecule has 3 unspecified atom stereocenters. The summed E-state index contributed by atoms with van der Waals surface area (Å²) in [7, 11) is -0.884. The second kappa shape index (κ2) is 23.3. The molecule has 18 nitrogen and oxygen atoms in total. The molecule has 65 heavy (non-hydrogen) atoms. The SMILES string of the molecule is CCc1ccc(COc2ccc(-n3c(=O)cc(C(F)(F)F)n(C)c3=O)cc2)c(OC(C)C(=O)OC)c1.CP(=O)(O)CCC(N)C(=O)O.Nc1c([N+](=O)[O-])ccc(Oc2ccccc2)c1Cl. The zero-order valence-electron chi connectivity index (χ0n) is 35.5. The van der Waals surface area contributed by atoms with Gasteiger partial charge in [-0.2, -0.15) is 13.2 Å². The largest absolute Gasteiger partial charge is 0.489 e. The highest BCUT2D eigenvalue weighted by atomic mass is 35.5. The van der Waals surface area contributed by atoms with Gasteiger partial charge in [0.05, 0.1) is 17.7 Å². The van der Waals surface area contributed by atoms with Crippen LogP contribution in [0.4, 0.5) is 24.5 Å². The number of carboxylic acids is 1. The number of alkyl halides is 3. The van der Waals surface area contributed by atoms with Crippen molar-refractivity contribution in [2.24, 2.45) is 12.8 Å². The fourth-order valence-electron chi connectivity index (χ4n) is 5.36. The third-order valence-electron chi connectivity index (χ3n) is 8.94. The fourth-order valence-corrected chi connectivity index (χ4v) is 6.31. The predicted molar refractivity (Wildman–Crippen MR) is 234 cm³/mol. The molecule has 0 aliphatic rings. The molecule has 0 radical (unpaired) electrons. The number of aryl methyl sites for hydroxylation is 1. The molecule has 5 rings (SSSR count). The molecule has 0 spiro atoms. The number of hydrogen-bond acceptors (Lipinski definition) is 13. The van der Waals surface area contributed by atoms with Gasteiger partial charge < -0.3 is 40.4 Å². The van der Waals surface area contributed by atoms with Gasteiger partial charge in [0.15, 0.2) is 13.5 Å². The minimum Gasteiger partial charge on any atom is -0.489 e. The zero-order chi connectivity index (χ0) is 48.8. The van der Waals surface area contributed by atoms with Crippen LogP contribution in [0.3, 0.4) is 0 Å². The highest BCUT2D eigenvalue weighted by molar-refractivity contribution is 7.57. The van der Waals surface area contributed by atoms with Crippen LogP contribution < -0.4 is 36.9 Å². The molecule has 0 amide bonds. The quantitative estimate of drug-likeness (QED) is 0.0272. The summed E-state index contributed by atoms with van der Waals surface area (Å²) in [6, 6.07) is 22.3. The van der Waals surface area contributed by atoms with Gasteiger partial charge in [0, 0.05) is 37.6 Å². The van der Waals surface area contributed by atoms with E-state index in [0.29, 0.717) is 38.0 Å². The maximum absolute atomic E-state index is 13.1. The number of hydrogen-bond donors (Lipinski definition) is 4. The van der Waals surface area contributed by atoms with Crippen molar-refractivity contribution in [2.45, 2.75) is 51.6 Å². The summed E-state index contributed by atoms with van der Waals surface area (Å²) in [5.41, 5.74) is 8.54. The lowest BCUT2D eigenvalue weighted by atomic mass is 10.1. The molecule has 350 valence electrons. The highest BCUT2D eigenvalue weighted by Crippen LogP contribution is 2.39. The number of halogens is 4. The number of nitro groups is 1. The summed E-state index contributed by atoms with van der Waals surface area (Å²) < 4.78 is 72.6. The van der Waals surface area contributed by atoms with E-state index in [9.17, 15) is 47.0 Å². The Labute approximate surface area is 374 Å². The van der Waals surface area contributed by atoms with E-state index in [1.54, 1.807) is 31.2 Å². The summed E-state index contributed by atoms with van der Waals surface area (Å²) in [5.74, 6) is 0.0341. The molecule has 3 atom stereocenters. The first-order valence-corrected chi connectivity index (χ1v) is 21.8. The Kier molecular flexibility index (Phi) is 18.9. The van der Waals surface area contributed by atoms with Crippen LogP contribution in [0.5, 0.6) is 23.0 Å². The number of nitrogens with zero attached hydrogens (tertiary/aromatic N) is 3. The van der Waals surface area contributed by atoms with Gasteiger partial charge in [0.25, 0.3) is 11.2 Å². The van der Waals surface area contributed by atoms with E-state index in [1.165, 1.54) is 50.2 Å². The smallest absolute Gasteiger partial charge is 0.431 e. The van der Waals surface area contributed by atoms with Gasteiger partial charge in [-0.3, -0.25) is 28.8 Å². The summed E-state index contributed by atoms with van der Waals surface area (Å²) in [4.78, 5) is 65.4. The van der Waals surface area contributed by atoms with E-state index in [1.807, 2.05) is 31.2 Å². The second-order valence-corrected chi connectivity index (χ2v) is 16.8. The molecule has 4 aromatic carbocycles. The van der Waals surface area contributed by atoms with Crippen molar-refractivity contribution in [2.75, 3.05) is 25.7 Å².